The Morgan fingerprint density at radius 3 is 2.67 bits per heavy atom. The molecule has 3 rings (SSSR count). The highest BCUT2D eigenvalue weighted by Crippen LogP contribution is 2.30. The maximum Gasteiger partial charge on any atom is 0.414 e. The van der Waals surface area contributed by atoms with Crippen molar-refractivity contribution in [1.29, 1.82) is 0 Å². The second-order valence-corrected chi connectivity index (χ2v) is 6.18. The van der Waals surface area contributed by atoms with Crippen molar-refractivity contribution in [2.45, 2.75) is 13.0 Å². The van der Waals surface area contributed by atoms with Crippen molar-refractivity contribution < 1.29 is 23.5 Å². The minimum Gasteiger partial charge on any atom is -0.443 e. The number of benzene rings is 1. The number of hydrogen-bond donors (Lipinski definition) is 2. The fourth-order valence-electron chi connectivity index (χ4n) is 2.78. The second kappa shape index (κ2) is 7.02. The number of primary amides is 2. The summed E-state index contributed by atoms with van der Waals surface area (Å²) < 4.78 is 19.8. The lowest BCUT2D eigenvalue weighted by Crippen LogP contribution is -2.34. The lowest BCUT2D eigenvalue weighted by atomic mass is 10.0. The molecule has 1 aliphatic rings. The molecule has 9 heteroatoms. The van der Waals surface area contributed by atoms with Gasteiger partial charge in [-0.25, -0.2) is 9.18 Å². The zero-order valence-corrected chi connectivity index (χ0v) is 14.4. The van der Waals surface area contributed by atoms with Crippen LogP contribution >= 0.6 is 0 Å². The third-order valence-electron chi connectivity index (χ3n) is 4.43. The molecule has 0 spiro atoms. The highest BCUT2D eigenvalue weighted by Gasteiger charge is 2.37. The summed E-state index contributed by atoms with van der Waals surface area (Å²) in [6.07, 6.45) is -0.0209. The third kappa shape index (κ3) is 3.57. The number of aromatic nitrogens is 1. The van der Waals surface area contributed by atoms with Gasteiger partial charge < -0.3 is 16.2 Å². The number of cyclic esters (lactones) is 1. The van der Waals surface area contributed by atoms with E-state index in [1.165, 1.54) is 29.3 Å². The Bertz CT molecular complexity index is 933. The molecule has 1 unspecified atom stereocenters. The zero-order chi connectivity index (χ0) is 19.7. The minimum absolute atomic E-state index is 0.0161. The number of amides is 3. The Balaban J connectivity index is 1.87. The van der Waals surface area contributed by atoms with Crippen molar-refractivity contribution in [3.63, 3.8) is 0 Å². The predicted molar refractivity (Wildman–Crippen MR) is 94.1 cm³/mol. The SMILES string of the molecule is C[C@H](C(N)=O)C1CN(c2ccc(-c3ccnc(C(N)=O)c3)c(F)c2)C(=O)O1. The van der Waals surface area contributed by atoms with Gasteiger partial charge in [0, 0.05) is 11.8 Å². The molecule has 0 aliphatic carbocycles. The Labute approximate surface area is 153 Å². The average molecular weight is 372 g/mol. The molecule has 0 saturated carbocycles. The first-order chi connectivity index (χ1) is 12.8. The molecule has 0 bridgehead atoms. The van der Waals surface area contributed by atoms with Crippen LogP contribution in [0.3, 0.4) is 0 Å². The summed E-state index contributed by atoms with van der Waals surface area (Å²) in [6, 6.07) is 7.12. The summed E-state index contributed by atoms with van der Waals surface area (Å²) >= 11 is 0. The van der Waals surface area contributed by atoms with Crippen LogP contribution in [0.4, 0.5) is 14.9 Å². The van der Waals surface area contributed by atoms with Crippen LogP contribution in [0.1, 0.15) is 17.4 Å². The average Bonchev–Trinajstić information content (AvgIpc) is 3.02. The number of ether oxygens (including phenoxy) is 1. The van der Waals surface area contributed by atoms with E-state index in [4.69, 9.17) is 16.2 Å². The van der Waals surface area contributed by atoms with Crippen LogP contribution in [0.15, 0.2) is 36.5 Å². The molecule has 2 aromatic rings. The molecule has 1 aromatic heterocycles. The number of carbonyl (C=O) groups is 3. The Morgan fingerprint density at radius 2 is 2.04 bits per heavy atom. The van der Waals surface area contributed by atoms with Gasteiger partial charge in [-0.3, -0.25) is 19.5 Å². The van der Waals surface area contributed by atoms with E-state index < -0.39 is 35.7 Å². The molecule has 2 atom stereocenters. The molecule has 1 fully saturated rings. The number of hydrogen-bond acceptors (Lipinski definition) is 5. The van der Waals surface area contributed by atoms with Gasteiger partial charge in [0.05, 0.1) is 18.2 Å². The number of halogens is 1. The van der Waals surface area contributed by atoms with Gasteiger partial charge in [-0.05, 0) is 42.8 Å². The van der Waals surface area contributed by atoms with Crippen LogP contribution in [0.25, 0.3) is 11.1 Å². The summed E-state index contributed by atoms with van der Waals surface area (Å²) in [6.45, 7) is 1.65. The van der Waals surface area contributed by atoms with Crippen LogP contribution in [0.2, 0.25) is 0 Å². The van der Waals surface area contributed by atoms with Gasteiger partial charge >= 0.3 is 6.09 Å². The van der Waals surface area contributed by atoms with E-state index in [1.807, 2.05) is 0 Å². The Hall–Kier alpha value is -3.49. The van der Waals surface area contributed by atoms with Crippen LogP contribution in [-0.2, 0) is 9.53 Å². The number of nitrogens with two attached hydrogens (primary N) is 2. The molecule has 3 amide bonds. The van der Waals surface area contributed by atoms with E-state index in [-0.39, 0.29) is 23.5 Å². The van der Waals surface area contributed by atoms with E-state index in [0.717, 1.165) is 0 Å². The van der Waals surface area contributed by atoms with E-state index in [1.54, 1.807) is 19.1 Å². The number of carbonyl (C=O) groups excluding carboxylic acids is 3. The monoisotopic (exact) mass is 372 g/mol. The number of anilines is 1. The van der Waals surface area contributed by atoms with E-state index >= 15 is 0 Å². The van der Waals surface area contributed by atoms with E-state index in [2.05, 4.69) is 4.98 Å². The van der Waals surface area contributed by atoms with Gasteiger partial charge in [-0.15, -0.1) is 0 Å². The van der Waals surface area contributed by atoms with Crippen LogP contribution < -0.4 is 16.4 Å². The van der Waals surface area contributed by atoms with E-state index in [0.29, 0.717) is 5.56 Å². The summed E-state index contributed by atoms with van der Waals surface area (Å²) in [5, 5.41) is 0. The third-order valence-corrected chi connectivity index (χ3v) is 4.43. The molecular weight excluding hydrogens is 355 g/mol. The van der Waals surface area contributed by atoms with Crippen molar-refractivity contribution in [2.24, 2.45) is 17.4 Å². The van der Waals surface area contributed by atoms with Gasteiger partial charge in [0.15, 0.2) is 0 Å². The summed E-state index contributed by atoms with van der Waals surface area (Å²) in [5.41, 5.74) is 11.4. The normalized spacial score (nSPS) is 17.5. The van der Waals surface area contributed by atoms with Crippen molar-refractivity contribution in [2.75, 3.05) is 11.4 Å². The lowest BCUT2D eigenvalue weighted by molar-refractivity contribution is -0.123. The van der Waals surface area contributed by atoms with Gasteiger partial charge in [0.2, 0.25) is 5.91 Å². The van der Waals surface area contributed by atoms with Gasteiger partial charge in [0.25, 0.3) is 5.91 Å². The van der Waals surface area contributed by atoms with Crippen molar-refractivity contribution >= 4 is 23.6 Å². The first-order valence-corrected chi connectivity index (χ1v) is 8.11. The molecule has 140 valence electrons. The first-order valence-electron chi connectivity index (χ1n) is 8.11. The van der Waals surface area contributed by atoms with Gasteiger partial charge in [-0.2, -0.15) is 0 Å². The Morgan fingerprint density at radius 1 is 1.30 bits per heavy atom. The quantitative estimate of drug-likeness (QED) is 0.820. The van der Waals surface area contributed by atoms with Crippen LogP contribution in [0.5, 0.6) is 0 Å². The van der Waals surface area contributed by atoms with Crippen molar-refractivity contribution in [3.8, 4) is 11.1 Å². The van der Waals surface area contributed by atoms with E-state index in [9.17, 15) is 18.8 Å². The lowest BCUT2D eigenvalue weighted by Gasteiger charge is -2.16. The molecule has 1 saturated heterocycles. The summed E-state index contributed by atoms with van der Waals surface area (Å²) in [4.78, 5) is 39.6. The first kappa shape index (κ1) is 18.3. The molecule has 0 radical (unpaired) electrons. The fourth-order valence-corrected chi connectivity index (χ4v) is 2.78. The molecule has 2 heterocycles. The zero-order valence-electron chi connectivity index (χ0n) is 14.4. The fraction of sp³-hybridized carbons (Fsp3) is 0.222. The maximum atomic E-state index is 14.6. The maximum absolute atomic E-state index is 14.6. The minimum atomic E-state index is -0.719. The molecule has 1 aromatic carbocycles. The summed E-state index contributed by atoms with van der Waals surface area (Å²) in [7, 11) is 0. The molecule has 4 N–H and O–H groups in total. The van der Waals surface area contributed by atoms with Crippen molar-refractivity contribution in [3.05, 3.63) is 48.0 Å². The summed E-state index contributed by atoms with van der Waals surface area (Å²) in [5.74, 6) is -2.57. The van der Waals surface area contributed by atoms with Crippen LogP contribution in [-0.4, -0.2) is 35.5 Å². The second-order valence-electron chi connectivity index (χ2n) is 6.18. The molecular formula is C18H17FN4O4. The molecule has 8 nitrogen and oxygen atoms in total. The molecule has 1 aliphatic heterocycles. The number of nitrogens with zero attached hydrogens (tertiary/aromatic N) is 2. The Kier molecular flexibility index (Phi) is 4.76. The van der Waals surface area contributed by atoms with Crippen molar-refractivity contribution in [1.82, 2.24) is 4.98 Å². The van der Waals surface area contributed by atoms with Crippen LogP contribution in [0, 0.1) is 11.7 Å². The van der Waals surface area contributed by atoms with Gasteiger partial charge in [0.1, 0.15) is 17.6 Å². The highest BCUT2D eigenvalue weighted by molar-refractivity contribution is 5.93. The number of pyridine rings is 1. The smallest absolute Gasteiger partial charge is 0.414 e. The van der Waals surface area contributed by atoms with Gasteiger partial charge in [-0.1, -0.05) is 0 Å². The largest absolute Gasteiger partial charge is 0.443 e. The topological polar surface area (TPSA) is 129 Å². The standard InChI is InChI=1S/C18H17FN4O4/c1-9(16(20)24)15-8-23(18(26)27-15)11-2-3-12(13(19)7-11)10-4-5-22-14(6-10)17(21)25/h2-7,9,15H,8H2,1H3,(H2,20,24)(H2,21,25)/t9-,15?/m0/s1. The highest BCUT2D eigenvalue weighted by atomic mass is 19.1. The predicted octanol–water partition coefficient (Wildman–Crippen LogP) is 1.43. The number of rotatable bonds is 5. The molecule has 27 heavy (non-hydrogen) atoms.